The third kappa shape index (κ3) is 6.10. The van der Waals surface area contributed by atoms with E-state index in [1.54, 1.807) is 0 Å². The Kier molecular flexibility index (Phi) is 5.38. The Labute approximate surface area is 103 Å². The van der Waals surface area contributed by atoms with E-state index in [2.05, 4.69) is 5.14 Å². The van der Waals surface area contributed by atoms with Crippen molar-refractivity contribution >= 4 is 16.0 Å². The van der Waals surface area contributed by atoms with Crippen LogP contribution >= 0.6 is 0 Å². The molecule has 0 fully saturated rings. The molecule has 1 rings (SSSR count). The molecule has 1 aromatic carbocycles. The molecule has 1 aromatic rings. The van der Waals surface area contributed by atoms with Crippen molar-refractivity contribution in [3.05, 3.63) is 29.8 Å². The molecule has 0 bridgehead atoms. The predicted molar refractivity (Wildman–Crippen MR) is 51.4 cm³/mol. The van der Waals surface area contributed by atoms with Gasteiger partial charge in [0.1, 0.15) is 16.5 Å². The van der Waals surface area contributed by atoms with Crippen LogP contribution in [0.25, 0.3) is 0 Å². The molecule has 108 valence electrons. The summed E-state index contributed by atoms with van der Waals surface area (Å²) in [6.07, 6.45) is -5.08. The van der Waals surface area contributed by atoms with Gasteiger partial charge in [0.15, 0.2) is 0 Å². The fourth-order valence-corrected chi connectivity index (χ4v) is 1.29. The molecule has 0 aliphatic rings. The van der Waals surface area contributed by atoms with Crippen LogP contribution < -0.4 is 5.14 Å². The second kappa shape index (κ2) is 5.93. The number of carboxylic acids is 1. The maximum Gasteiger partial charge on any atom is 0.490 e. The standard InChI is InChI=1S/C6H5F2NO2S.C2HF3O2/c7-4-1-2-6(5(8)3-4)12(9,10)11;3-2(4,5)1(6)7/h1-3H,(H2,9,10,11);(H,6,7). The van der Waals surface area contributed by atoms with Crippen LogP contribution in [-0.4, -0.2) is 25.7 Å². The number of sulfonamides is 1. The lowest BCUT2D eigenvalue weighted by Gasteiger charge is -1.98. The SMILES string of the molecule is NS(=O)(=O)c1ccc(F)cc1F.O=C(O)C(F)(F)F. The first-order valence-corrected chi connectivity index (χ1v) is 5.68. The van der Waals surface area contributed by atoms with E-state index in [0.717, 1.165) is 12.1 Å². The van der Waals surface area contributed by atoms with Crippen molar-refractivity contribution in [3.63, 3.8) is 0 Å². The third-order valence-electron chi connectivity index (χ3n) is 1.44. The molecule has 0 radical (unpaired) electrons. The normalized spacial score (nSPS) is 11.5. The highest BCUT2D eigenvalue weighted by molar-refractivity contribution is 7.89. The van der Waals surface area contributed by atoms with Crippen LogP contribution in [0, 0.1) is 11.6 Å². The number of rotatable bonds is 1. The summed E-state index contributed by atoms with van der Waals surface area (Å²) in [6.45, 7) is 0. The first kappa shape index (κ1) is 17.2. The average molecular weight is 307 g/mol. The van der Waals surface area contributed by atoms with Gasteiger partial charge in [-0.25, -0.2) is 27.1 Å². The van der Waals surface area contributed by atoms with E-state index in [-0.39, 0.29) is 0 Å². The zero-order chi connectivity index (χ0) is 15.4. The fraction of sp³-hybridized carbons (Fsp3) is 0.125. The Hall–Kier alpha value is -1.75. The Morgan fingerprint density at radius 1 is 1.21 bits per heavy atom. The zero-order valence-corrected chi connectivity index (χ0v) is 9.60. The number of carboxylic acid groups (broad SMARTS) is 1. The number of carbonyl (C=O) groups is 1. The van der Waals surface area contributed by atoms with Gasteiger partial charge in [0, 0.05) is 6.07 Å². The number of alkyl halides is 3. The smallest absolute Gasteiger partial charge is 0.475 e. The second-order valence-electron chi connectivity index (χ2n) is 2.92. The lowest BCUT2D eigenvalue weighted by molar-refractivity contribution is -0.192. The van der Waals surface area contributed by atoms with Crippen molar-refractivity contribution in [2.24, 2.45) is 5.14 Å². The number of benzene rings is 1. The highest BCUT2D eigenvalue weighted by Gasteiger charge is 2.38. The molecular formula is C8H6F5NO4S. The number of aliphatic carboxylic acids is 1. The fourth-order valence-electron chi connectivity index (χ4n) is 0.706. The summed E-state index contributed by atoms with van der Waals surface area (Å²) in [5.74, 6) is -4.79. The van der Waals surface area contributed by atoms with Gasteiger partial charge in [-0.15, -0.1) is 0 Å². The summed E-state index contributed by atoms with van der Waals surface area (Å²) in [4.78, 5) is 8.19. The van der Waals surface area contributed by atoms with Crippen molar-refractivity contribution in [3.8, 4) is 0 Å². The van der Waals surface area contributed by atoms with Gasteiger partial charge in [-0.3, -0.25) is 0 Å². The van der Waals surface area contributed by atoms with Gasteiger partial charge >= 0.3 is 12.1 Å². The third-order valence-corrected chi connectivity index (χ3v) is 2.39. The Morgan fingerprint density at radius 3 is 1.89 bits per heavy atom. The van der Waals surface area contributed by atoms with E-state index in [1.165, 1.54) is 0 Å². The lowest BCUT2D eigenvalue weighted by Crippen LogP contribution is -2.21. The van der Waals surface area contributed by atoms with Gasteiger partial charge in [0.2, 0.25) is 10.0 Å². The minimum atomic E-state index is -5.08. The molecular weight excluding hydrogens is 301 g/mol. The van der Waals surface area contributed by atoms with Gasteiger partial charge in [-0.1, -0.05) is 0 Å². The molecule has 0 heterocycles. The summed E-state index contributed by atoms with van der Waals surface area (Å²) in [6, 6.07) is 2.06. The van der Waals surface area contributed by atoms with Gasteiger partial charge in [-0.05, 0) is 12.1 Å². The number of hydrogen-bond acceptors (Lipinski definition) is 3. The van der Waals surface area contributed by atoms with Crippen LogP contribution in [0.5, 0.6) is 0 Å². The van der Waals surface area contributed by atoms with Gasteiger partial charge in [0.25, 0.3) is 0 Å². The monoisotopic (exact) mass is 307 g/mol. The molecule has 0 aromatic heterocycles. The summed E-state index contributed by atoms with van der Waals surface area (Å²) < 4.78 is 77.8. The largest absolute Gasteiger partial charge is 0.490 e. The number of nitrogens with two attached hydrogens (primary N) is 1. The highest BCUT2D eigenvalue weighted by atomic mass is 32.2. The Morgan fingerprint density at radius 2 is 1.63 bits per heavy atom. The van der Waals surface area contributed by atoms with Crippen LogP contribution in [0.3, 0.4) is 0 Å². The molecule has 3 N–H and O–H groups in total. The first-order chi connectivity index (χ1) is 8.35. The molecule has 0 atom stereocenters. The first-order valence-electron chi connectivity index (χ1n) is 4.13. The molecule has 0 amide bonds. The van der Waals surface area contributed by atoms with Crippen molar-refractivity contribution in [1.29, 1.82) is 0 Å². The van der Waals surface area contributed by atoms with Crippen molar-refractivity contribution in [1.82, 2.24) is 0 Å². The molecule has 0 saturated heterocycles. The quantitative estimate of drug-likeness (QED) is 0.763. The van der Waals surface area contributed by atoms with E-state index in [1.807, 2.05) is 0 Å². The summed E-state index contributed by atoms with van der Waals surface area (Å²) in [5.41, 5.74) is 0. The van der Waals surface area contributed by atoms with E-state index < -0.39 is 38.7 Å². The lowest BCUT2D eigenvalue weighted by atomic mass is 10.3. The van der Waals surface area contributed by atoms with Crippen LogP contribution in [0.2, 0.25) is 0 Å². The Bertz CT molecular complexity index is 569. The maximum absolute atomic E-state index is 12.6. The van der Waals surface area contributed by atoms with E-state index in [4.69, 9.17) is 9.90 Å². The van der Waals surface area contributed by atoms with Crippen LogP contribution in [0.1, 0.15) is 0 Å². The molecule has 19 heavy (non-hydrogen) atoms. The summed E-state index contributed by atoms with van der Waals surface area (Å²) in [5, 5.41) is 11.7. The molecule has 0 aliphatic heterocycles. The molecule has 0 spiro atoms. The minimum Gasteiger partial charge on any atom is -0.475 e. The maximum atomic E-state index is 12.6. The molecule has 0 saturated carbocycles. The minimum absolute atomic E-state index is 0.458. The Balaban J connectivity index is 0.000000399. The van der Waals surface area contributed by atoms with Gasteiger partial charge in [-0.2, -0.15) is 13.2 Å². The van der Waals surface area contributed by atoms with Gasteiger partial charge in [0.05, 0.1) is 0 Å². The van der Waals surface area contributed by atoms with E-state index in [9.17, 15) is 30.4 Å². The van der Waals surface area contributed by atoms with E-state index in [0.29, 0.717) is 6.07 Å². The summed E-state index contributed by atoms with van der Waals surface area (Å²) in [7, 11) is -4.09. The molecule has 0 aliphatic carbocycles. The highest BCUT2D eigenvalue weighted by Crippen LogP contribution is 2.13. The molecule has 0 unspecified atom stereocenters. The second-order valence-corrected chi connectivity index (χ2v) is 4.45. The number of halogens is 5. The molecule has 11 heteroatoms. The predicted octanol–water partition coefficient (Wildman–Crippen LogP) is 1.25. The van der Waals surface area contributed by atoms with Crippen LogP contribution in [0.4, 0.5) is 22.0 Å². The summed E-state index contributed by atoms with van der Waals surface area (Å²) >= 11 is 0. The van der Waals surface area contributed by atoms with Crippen molar-refractivity contribution in [2.45, 2.75) is 11.1 Å². The zero-order valence-electron chi connectivity index (χ0n) is 8.78. The van der Waals surface area contributed by atoms with Crippen LogP contribution in [-0.2, 0) is 14.8 Å². The van der Waals surface area contributed by atoms with Crippen molar-refractivity contribution in [2.75, 3.05) is 0 Å². The van der Waals surface area contributed by atoms with Crippen molar-refractivity contribution < 1.29 is 40.3 Å². The molecule has 5 nitrogen and oxygen atoms in total. The average Bonchev–Trinajstić information content (AvgIpc) is 2.14. The number of hydrogen-bond donors (Lipinski definition) is 2. The van der Waals surface area contributed by atoms with Crippen LogP contribution in [0.15, 0.2) is 23.1 Å². The topological polar surface area (TPSA) is 97.5 Å². The van der Waals surface area contributed by atoms with E-state index >= 15 is 0 Å². The number of primary sulfonamides is 1. The van der Waals surface area contributed by atoms with Gasteiger partial charge < -0.3 is 5.11 Å².